The second-order valence-electron chi connectivity index (χ2n) is 5.70. The number of nitrogens with two attached hydrogens (primary N) is 1. The van der Waals surface area contributed by atoms with E-state index < -0.39 is 0 Å². The van der Waals surface area contributed by atoms with E-state index in [-0.39, 0.29) is 30.1 Å². The van der Waals surface area contributed by atoms with Crippen molar-refractivity contribution < 1.29 is 14.3 Å². The minimum absolute atomic E-state index is 0.00119. The van der Waals surface area contributed by atoms with Crippen LogP contribution in [0.15, 0.2) is 24.3 Å². The highest BCUT2D eigenvalue weighted by molar-refractivity contribution is 5.93. The fraction of sp³-hybridized carbons (Fsp3) is 0.529. The van der Waals surface area contributed by atoms with E-state index in [0.29, 0.717) is 13.2 Å². The van der Waals surface area contributed by atoms with Crippen LogP contribution in [-0.4, -0.2) is 25.0 Å². The van der Waals surface area contributed by atoms with E-state index in [0.717, 1.165) is 30.5 Å². The molecule has 0 spiro atoms. The Morgan fingerprint density at radius 1 is 1.36 bits per heavy atom. The van der Waals surface area contributed by atoms with E-state index in [1.165, 1.54) is 0 Å². The van der Waals surface area contributed by atoms with Crippen LogP contribution in [0.3, 0.4) is 0 Å². The van der Waals surface area contributed by atoms with Crippen LogP contribution in [0.1, 0.15) is 31.7 Å². The predicted octanol–water partition coefficient (Wildman–Crippen LogP) is 2.11. The van der Waals surface area contributed by atoms with Gasteiger partial charge in [-0.25, -0.2) is 0 Å². The lowest BCUT2D eigenvalue weighted by molar-refractivity contribution is -0.142. The zero-order valence-corrected chi connectivity index (χ0v) is 13.0. The Labute approximate surface area is 131 Å². The number of carbonyl (C=O) groups excluding carboxylic acids is 2. The highest BCUT2D eigenvalue weighted by Crippen LogP contribution is 2.31. The summed E-state index contributed by atoms with van der Waals surface area (Å²) >= 11 is 0. The molecule has 120 valence electrons. The van der Waals surface area contributed by atoms with Crippen molar-refractivity contribution in [2.75, 3.05) is 18.5 Å². The molecule has 0 radical (unpaired) electrons. The van der Waals surface area contributed by atoms with E-state index in [1.807, 2.05) is 24.3 Å². The lowest BCUT2D eigenvalue weighted by Crippen LogP contribution is -2.29. The van der Waals surface area contributed by atoms with Gasteiger partial charge in [-0.2, -0.15) is 0 Å². The van der Waals surface area contributed by atoms with Crippen molar-refractivity contribution in [2.24, 2.45) is 17.6 Å². The maximum Gasteiger partial charge on any atom is 0.310 e. The molecule has 1 aliphatic rings. The van der Waals surface area contributed by atoms with Crippen LogP contribution in [-0.2, 0) is 20.7 Å². The Morgan fingerprint density at radius 2 is 2.18 bits per heavy atom. The van der Waals surface area contributed by atoms with Gasteiger partial charge in [-0.05, 0) is 49.9 Å². The summed E-state index contributed by atoms with van der Waals surface area (Å²) in [5, 5.41) is 2.95. The summed E-state index contributed by atoms with van der Waals surface area (Å²) < 4.78 is 4.94. The predicted molar refractivity (Wildman–Crippen MR) is 85.3 cm³/mol. The van der Waals surface area contributed by atoms with Crippen LogP contribution >= 0.6 is 0 Å². The van der Waals surface area contributed by atoms with Gasteiger partial charge in [0.1, 0.15) is 0 Å². The fourth-order valence-corrected chi connectivity index (χ4v) is 3.04. The first-order chi connectivity index (χ1) is 10.6. The van der Waals surface area contributed by atoms with Gasteiger partial charge in [0.05, 0.1) is 13.0 Å². The molecule has 0 aliphatic heterocycles. The molecule has 3 N–H and O–H groups in total. The molecule has 0 heterocycles. The van der Waals surface area contributed by atoms with E-state index >= 15 is 0 Å². The molecule has 2 atom stereocenters. The number of benzene rings is 1. The SMILES string of the molecule is CCOC(=O)Cc1cccc(NC(=O)[C@@H]2CCC[C@@H]2CN)c1. The average molecular weight is 304 g/mol. The molecule has 2 rings (SSSR count). The van der Waals surface area contributed by atoms with Crippen molar-refractivity contribution in [3.63, 3.8) is 0 Å². The topological polar surface area (TPSA) is 81.4 Å². The monoisotopic (exact) mass is 304 g/mol. The molecule has 5 heteroatoms. The summed E-state index contributed by atoms with van der Waals surface area (Å²) in [4.78, 5) is 23.9. The van der Waals surface area contributed by atoms with Gasteiger partial charge in [0.15, 0.2) is 0 Å². The molecule has 0 unspecified atom stereocenters. The van der Waals surface area contributed by atoms with Crippen LogP contribution < -0.4 is 11.1 Å². The second-order valence-corrected chi connectivity index (χ2v) is 5.70. The van der Waals surface area contributed by atoms with Gasteiger partial charge >= 0.3 is 5.97 Å². The molecule has 1 aliphatic carbocycles. The highest BCUT2D eigenvalue weighted by Gasteiger charge is 2.31. The van der Waals surface area contributed by atoms with E-state index in [4.69, 9.17) is 10.5 Å². The Hall–Kier alpha value is -1.88. The number of ether oxygens (including phenoxy) is 1. The lowest BCUT2D eigenvalue weighted by atomic mass is 9.95. The summed E-state index contributed by atoms with van der Waals surface area (Å²) in [6.45, 7) is 2.71. The molecule has 5 nitrogen and oxygen atoms in total. The largest absolute Gasteiger partial charge is 0.466 e. The molecule has 1 aromatic rings. The van der Waals surface area contributed by atoms with E-state index in [1.54, 1.807) is 6.92 Å². The molecule has 1 saturated carbocycles. The van der Waals surface area contributed by atoms with Crippen molar-refractivity contribution in [3.8, 4) is 0 Å². The summed E-state index contributed by atoms with van der Waals surface area (Å²) in [6.07, 6.45) is 3.20. The Morgan fingerprint density at radius 3 is 2.91 bits per heavy atom. The molecular formula is C17H24N2O3. The molecule has 1 aromatic carbocycles. The third-order valence-electron chi connectivity index (χ3n) is 4.15. The molecule has 1 amide bonds. The average Bonchev–Trinajstić information content (AvgIpc) is 2.96. The number of rotatable bonds is 6. The van der Waals surface area contributed by atoms with Crippen molar-refractivity contribution in [1.82, 2.24) is 0 Å². The first-order valence-electron chi connectivity index (χ1n) is 7.89. The normalized spacial score (nSPS) is 20.6. The van der Waals surface area contributed by atoms with Crippen molar-refractivity contribution in [1.29, 1.82) is 0 Å². The Balaban J connectivity index is 1.98. The quantitative estimate of drug-likeness (QED) is 0.789. The highest BCUT2D eigenvalue weighted by atomic mass is 16.5. The van der Waals surface area contributed by atoms with Gasteiger partial charge in [0.25, 0.3) is 0 Å². The summed E-state index contributed by atoms with van der Waals surface area (Å²) in [6, 6.07) is 7.34. The van der Waals surface area contributed by atoms with Crippen LogP contribution in [0.2, 0.25) is 0 Å². The minimum atomic E-state index is -0.259. The fourth-order valence-electron chi connectivity index (χ4n) is 3.04. The van der Waals surface area contributed by atoms with Gasteiger partial charge in [-0.1, -0.05) is 18.6 Å². The third-order valence-corrected chi connectivity index (χ3v) is 4.15. The van der Waals surface area contributed by atoms with Gasteiger partial charge in [0, 0.05) is 11.6 Å². The minimum Gasteiger partial charge on any atom is -0.466 e. The first kappa shape index (κ1) is 16.5. The number of esters is 1. The molecule has 0 saturated heterocycles. The Kier molecular flexibility index (Phi) is 5.95. The zero-order valence-electron chi connectivity index (χ0n) is 13.0. The van der Waals surface area contributed by atoms with Gasteiger partial charge in [0.2, 0.25) is 5.91 Å². The van der Waals surface area contributed by atoms with Gasteiger partial charge in [-0.15, -0.1) is 0 Å². The smallest absolute Gasteiger partial charge is 0.310 e. The van der Waals surface area contributed by atoms with E-state index in [2.05, 4.69) is 5.32 Å². The number of amides is 1. The van der Waals surface area contributed by atoms with Crippen molar-refractivity contribution >= 4 is 17.6 Å². The van der Waals surface area contributed by atoms with Gasteiger partial charge in [-0.3, -0.25) is 9.59 Å². The number of hydrogen-bond acceptors (Lipinski definition) is 4. The summed E-state index contributed by atoms with van der Waals surface area (Å²) in [5.41, 5.74) is 7.28. The summed E-state index contributed by atoms with van der Waals surface area (Å²) in [5.74, 6) is 0.0487. The molecule has 22 heavy (non-hydrogen) atoms. The maximum absolute atomic E-state index is 12.4. The summed E-state index contributed by atoms with van der Waals surface area (Å²) in [7, 11) is 0. The van der Waals surface area contributed by atoms with Gasteiger partial charge < -0.3 is 15.8 Å². The molecule has 0 bridgehead atoms. The van der Waals surface area contributed by atoms with Crippen molar-refractivity contribution in [2.45, 2.75) is 32.6 Å². The van der Waals surface area contributed by atoms with Crippen LogP contribution in [0.5, 0.6) is 0 Å². The van der Waals surface area contributed by atoms with Crippen LogP contribution in [0.4, 0.5) is 5.69 Å². The first-order valence-corrected chi connectivity index (χ1v) is 7.89. The van der Waals surface area contributed by atoms with E-state index in [9.17, 15) is 9.59 Å². The number of carbonyl (C=O) groups is 2. The standard InChI is InChI=1S/C17H24N2O3/c1-2-22-16(20)10-12-5-3-7-14(9-12)19-17(21)15-8-4-6-13(15)11-18/h3,5,7,9,13,15H,2,4,6,8,10-11,18H2,1H3,(H,19,21)/t13-,15-/m1/s1. The Bertz CT molecular complexity index is 530. The van der Waals surface area contributed by atoms with Crippen LogP contribution in [0, 0.1) is 11.8 Å². The molecule has 0 aromatic heterocycles. The maximum atomic E-state index is 12.4. The second kappa shape index (κ2) is 7.94. The lowest BCUT2D eigenvalue weighted by Gasteiger charge is -2.17. The zero-order chi connectivity index (χ0) is 15.9. The number of nitrogens with one attached hydrogen (secondary N) is 1. The third kappa shape index (κ3) is 4.31. The van der Waals surface area contributed by atoms with Crippen LogP contribution in [0.25, 0.3) is 0 Å². The number of anilines is 1. The van der Waals surface area contributed by atoms with Crippen molar-refractivity contribution in [3.05, 3.63) is 29.8 Å². The number of hydrogen-bond donors (Lipinski definition) is 2. The molecular weight excluding hydrogens is 280 g/mol. The molecule has 1 fully saturated rings.